The van der Waals surface area contributed by atoms with E-state index in [0.717, 1.165) is 5.56 Å². The molecule has 1 heterocycles. The van der Waals surface area contributed by atoms with Gasteiger partial charge in [-0.05, 0) is 48.7 Å². The van der Waals surface area contributed by atoms with Gasteiger partial charge >= 0.3 is 0 Å². The lowest BCUT2D eigenvalue weighted by Gasteiger charge is -2.26. The van der Waals surface area contributed by atoms with E-state index in [0.29, 0.717) is 32.6 Å². The van der Waals surface area contributed by atoms with E-state index in [-0.39, 0.29) is 34.4 Å². The predicted molar refractivity (Wildman–Crippen MR) is 108 cm³/mol. The Morgan fingerprint density at radius 2 is 1.83 bits per heavy atom. The molecule has 1 aliphatic rings. The Bertz CT molecular complexity index is 961. The zero-order valence-corrected chi connectivity index (χ0v) is 17.3. The molecule has 2 aromatic carbocycles. The van der Waals surface area contributed by atoms with E-state index in [1.807, 2.05) is 0 Å². The van der Waals surface area contributed by atoms with Crippen LogP contribution >= 0.6 is 11.6 Å². The highest BCUT2D eigenvalue weighted by Gasteiger charge is 2.27. The fourth-order valence-corrected chi connectivity index (χ4v) is 4.65. The van der Waals surface area contributed by atoms with Crippen LogP contribution in [0.4, 0.5) is 4.39 Å². The van der Waals surface area contributed by atoms with Crippen molar-refractivity contribution in [1.29, 1.82) is 0 Å². The van der Waals surface area contributed by atoms with E-state index in [1.54, 1.807) is 12.1 Å². The number of ether oxygens (including phenoxy) is 1. The van der Waals surface area contributed by atoms with Crippen molar-refractivity contribution >= 4 is 27.5 Å². The van der Waals surface area contributed by atoms with Gasteiger partial charge in [0.15, 0.2) is 0 Å². The zero-order valence-electron chi connectivity index (χ0n) is 15.7. The van der Waals surface area contributed by atoms with Gasteiger partial charge in [0.1, 0.15) is 5.82 Å². The number of amides is 1. The van der Waals surface area contributed by atoms with E-state index in [1.165, 1.54) is 34.6 Å². The molecule has 9 heteroatoms. The molecule has 156 valence electrons. The summed E-state index contributed by atoms with van der Waals surface area (Å²) in [4.78, 5) is 12.5. The maximum atomic E-state index is 12.9. The lowest BCUT2D eigenvalue weighted by atomic mass is 10.1. The number of carbonyl (C=O) groups is 1. The molecule has 0 aliphatic carbocycles. The van der Waals surface area contributed by atoms with Gasteiger partial charge in [0.05, 0.1) is 28.7 Å². The number of nitrogens with zero attached hydrogens (tertiary/aromatic N) is 1. The van der Waals surface area contributed by atoms with Crippen LogP contribution in [0.5, 0.6) is 0 Å². The molecule has 0 spiro atoms. The van der Waals surface area contributed by atoms with Crippen LogP contribution in [0.2, 0.25) is 5.02 Å². The van der Waals surface area contributed by atoms with Crippen LogP contribution in [0.25, 0.3) is 0 Å². The molecular weight excluding hydrogens is 419 g/mol. The van der Waals surface area contributed by atoms with Crippen molar-refractivity contribution in [3.8, 4) is 0 Å². The first-order chi connectivity index (χ1) is 13.9. The second-order valence-corrected chi connectivity index (χ2v) is 8.99. The Morgan fingerprint density at radius 1 is 1.14 bits per heavy atom. The minimum atomic E-state index is -3.72. The molecule has 0 saturated carbocycles. The number of hydrogen-bond acceptors (Lipinski definition) is 4. The smallest absolute Gasteiger partial charge is 0.252 e. The molecule has 3 rings (SSSR count). The fourth-order valence-electron chi connectivity index (χ4n) is 3.02. The number of sulfonamides is 1. The van der Waals surface area contributed by atoms with Crippen LogP contribution < -0.4 is 5.32 Å². The number of hydrogen-bond donors (Lipinski definition) is 1. The van der Waals surface area contributed by atoms with Gasteiger partial charge in [-0.25, -0.2) is 12.8 Å². The molecule has 0 aromatic heterocycles. The Labute approximate surface area is 174 Å². The molecule has 1 saturated heterocycles. The molecule has 2 aromatic rings. The van der Waals surface area contributed by atoms with Crippen molar-refractivity contribution in [2.45, 2.75) is 17.7 Å². The summed E-state index contributed by atoms with van der Waals surface area (Å²) in [5.41, 5.74) is 1.08. The highest BCUT2D eigenvalue weighted by Crippen LogP contribution is 2.23. The Balaban J connectivity index is 1.62. The van der Waals surface area contributed by atoms with Gasteiger partial charge in [-0.2, -0.15) is 4.31 Å². The standard InChI is InChI=1S/C20H22ClFN2O4S/c21-19-8-7-17(29(26,27)24-10-12-28-13-11-24)14-18(19)20(25)23-9-1-2-15-3-5-16(22)6-4-15/h3-8,14H,1-2,9-13H2,(H,23,25). The van der Waals surface area contributed by atoms with Crippen LogP contribution in [0.1, 0.15) is 22.3 Å². The van der Waals surface area contributed by atoms with Crippen LogP contribution in [0.15, 0.2) is 47.4 Å². The number of nitrogens with one attached hydrogen (secondary N) is 1. The molecule has 0 atom stereocenters. The topological polar surface area (TPSA) is 75.7 Å². The molecule has 1 amide bonds. The van der Waals surface area contributed by atoms with Gasteiger partial charge in [0.2, 0.25) is 10.0 Å². The maximum Gasteiger partial charge on any atom is 0.252 e. The molecule has 29 heavy (non-hydrogen) atoms. The van der Waals surface area contributed by atoms with Crippen molar-refractivity contribution in [1.82, 2.24) is 9.62 Å². The SMILES string of the molecule is O=C(NCCCc1ccc(F)cc1)c1cc(S(=O)(=O)N2CCOCC2)ccc1Cl. The van der Waals surface area contributed by atoms with E-state index >= 15 is 0 Å². The van der Waals surface area contributed by atoms with Gasteiger partial charge in [-0.3, -0.25) is 4.79 Å². The van der Waals surface area contributed by atoms with Crippen molar-refractivity contribution in [3.05, 3.63) is 64.4 Å². The van der Waals surface area contributed by atoms with Gasteiger partial charge < -0.3 is 10.1 Å². The summed E-state index contributed by atoms with van der Waals surface area (Å²) in [5.74, 6) is -0.725. The third-order valence-electron chi connectivity index (χ3n) is 4.63. The first kappa shape index (κ1) is 21.7. The molecule has 1 fully saturated rings. The van der Waals surface area contributed by atoms with E-state index in [9.17, 15) is 17.6 Å². The quantitative estimate of drug-likeness (QED) is 0.672. The lowest BCUT2D eigenvalue weighted by Crippen LogP contribution is -2.40. The summed E-state index contributed by atoms with van der Waals surface area (Å²) in [5, 5.41) is 2.94. The summed E-state index contributed by atoms with van der Waals surface area (Å²) in [6.07, 6.45) is 1.33. The Kier molecular flexibility index (Phi) is 7.23. The number of benzene rings is 2. The van der Waals surface area contributed by atoms with E-state index in [4.69, 9.17) is 16.3 Å². The molecule has 1 N–H and O–H groups in total. The second-order valence-electron chi connectivity index (χ2n) is 6.64. The van der Waals surface area contributed by atoms with Gasteiger partial charge in [0, 0.05) is 19.6 Å². The number of morpholine rings is 1. The first-order valence-corrected chi connectivity index (χ1v) is 11.1. The molecule has 0 radical (unpaired) electrons. The minimum Gasteiger partial charge on any atom is -0.379 e. The summed E-state index contributed by atoms with van der Waals surface area (Å²) in [6, 6.07) is 10.3. The monoisotopic (exact) mass is 440 g/mol. The van der Waals surface area contributed by atoms with E-state index < -0.39 is 15.9 Å². The number of carbonyl (C=O) groups excluding carboxylic acids is 1. The van der Waals surface area contributed by atoms with Crippen LogP contribution in [0.3, 0.4) is 0 Å². The van der Waals surface area contributed by atoms with Crippen molar-refractivity contribution in [2.75, 3.05) is 32.8 Å². The fraction of sp³-hybridized carbons (Fsp3) is 0.350. The average Bonchev–Trinajstić information content (AvgIpc) is 2.73. The molecular formula is C20H22ClFN2O4S. The van der Waals surface area contributed by atoms with Crippen molar-refractivity contribution in [3.63, 3.8) is 0 Å². The number of aryl methyl sites for hydroxylation is 1. The third kappa shape index (κ3) is 5.54. The number of rotatable bonds is 7. The summed E-state index contributed by atoms with van der Waals surface area (Å²) >= 11 is 6.13. The lowest BCUT2D eigenvalue weighted by molar-refractivity contribution is 0.0730. The Hall–Kier alpha value is -2.00. The first-order valence-electron chi connectivity index (χ1n) is 9.28. The third-order valence-corrected chi connectivity index (χ3v) is 6.86. The van der Waals surface area contributed by atoms with Crippen LogP contribution in [0, 0.1) is 5.82 Å². The zero-order chi connectivity index (χ0) is 20.9. The molecule has 6 nitrogen and oxygen atoms in total. The highest BCUT2D eigenvalue weighted by atomic mass is 35.5. The van der Waals surface area contributed by atoms with Crippen molar-refractivity contribution < 1.29 is 22.3 Å². The van der Waals surface area contributed by atoms with Gasteiger partial charge in [-0.1, -0.05) is 23.7 Å². The second kappa shape index (κ2) is 9.67. The molecule has 0 unspecified atom stereocenters. The predicted octanol–water partition coefficient (Wildman–Crippen LogP) is 2.86. The summed E-state index contributed by atoms with van der Waals surface area (Å²) in [7, 11) is -3.72. The van der Waals surface area contributed by atoms with E-state index in [2.05, 4.69) is 5.32 Å². The summed E-state index contributed by atoms with van der Waals surface area (Å²) < 4.78 is 45.0. The van der Waals surface area contributed by atoms with Crippen LogP contribution in [-0.4, -0.2) is 51.5 Å². The maximum absolute atomic E-state index is 12.9. The highest BCUT2D eigenvalue weighted by molar-refractivity contribution is 7.89. The van der Waals surface area contributed by atoms with Crippen molar-refractivity contribution in [2.24, 2.45) is 0 Å². The molecule has 1 aliphatic heterocycles. The summed E-state index contributed by atoms with van der Waals surface area (Å²) in [6.45, 7) is 1.61. The number of halogens is 2. The molecule has 0 bridgehead atoms. The van der Waals surface area contributed by atoms with Crippen LogP contribution in [-0.2, 0) is 21.2 Å². The average molecular weight is 441 g/mol. The Morgan fingerprint density at radius 3 is 2.52 bits per heavy atom. The van der Waals surface area contributed by atoms with Gasteiger partial charge in [0.25, 0.3) is 5.91 Å². The largest absolute Gasteiger partial charge is 0.379 e. The minimum absolute atomic E-state index is 0.0280. The van der Waals surface area contributed by atoms with Gasteiger partial charge in [-0.15, -0.1) is 0 Å². The normalized spacial score (nSPS) is 15.2.